The van der Waals surface area contributed by atoms with Crippen LogP contribution in [0.5, 0.6) is 5.75 Å². The Bertz CT molecular complexity index is 767. The second-order valence-corrected chi connectivity index (χ2v) is 5.99. The van der Waals surface area contributed by atoms with Crippen LogP contribution in [0.1, 0.15) is 5.56 Å². The van der Waals surface area contributed by atoms with Gasteiger partial charge in [0.2, 0.25) is 0 Å². The number of nitrogens with zero attached hydrogens (tertiary/aromatic N) is 1. The van der Waals surface area contributed by atoms with Gasteiger partial charge >= 0.3 is 0 Å². The number of anilines is 1. The first-order valence-electron chi connectivity index (χ1n) is 6.49. The highest BCUT2D eigenvalue weighted by atomic mass is 79.9. The topological polar surface area (TPSA) is 81.5 Å². The number of benzene rings is 2. The van der Waals surface area contributed by atoms with E-state index in [1.54, 1.807) is 25.1 Å². The maximum absolute atomic E-state index is 11.9. The Kier molecular flexibility index (Phi) is 5.57. The molecule has 0 atom stereocenters. The summed E-state index contributed by atoms with van der Waals surface area (Å²) in [7, 11) is 0. The summed E-state index contributed by atoms with van der Waals surface area (Å²) in [6.45, 7) is 1.37. The predicted molar refractivity (Wildman–Crippen MR) is 91.1 cm³/mol. The zero-order chi connectivity index (χ0) is 17.0. The third-order valence-electron chi connectivity index (χ3n) is 2.94. The van der Waals surface area contributed by atoms with Gasteiger partial charge in [-0.2, -0.15) is 0 Å². The number of amides is 1. The van der Waals surface area contributed by atoms with E-state index in [0.29, 0.717) is 22.0 Å². The highest BCUT2D eigenvalue weighted by Gasteiger charge is 2.12. The molecule has 1 amide bonds. The van der Waals surface area contributed by atoms with Gasteiger partial charge in [0.15, 0.2) is 6.61 Å². The standard InChI is InChI=1S/C15H12BrClN2O4/c1-9-6-11(3-5-14(9)19(21)22)23-8-15(20)18-13-4-2-10(16)7-12(13)17/h2-7H,8H2,1H3,(H,18,20). The Morgan fingerprint density at radius 1 is 1.35 bits per heavy atom. The van der Waals surface area contributed by atoms with Gasteiger partial charge in [-0.1, -0.05) is 27.5 Å². The van der Waals surface area contributed by atoms with Gasteiger partial charge in [0.25, 0.3) is 11.6 Å². The van der Waals surface area contributed by atoms with Crippen LogP contribution in [0.15, 0.2) is 40.9 Å². The molecule has 23 heavy (non-hydrogen) atoms. The van der Waals surface area contributed by atoms with Crippen molar-refractivity contribution in [3.8, 4) is 5.75 Å². The molecule has 2 rings (SSSR count). The molecule has 0 spiro atoms. The van der Waals surface area contributed by atoms with E-state index in [1.165, 1.54) is 18.2 Å². The van der Waals surface area contributed by atoms with Crippen LogP contribution in [0.4, 0.5) is 11.4 Å². The SMILES string of the molecule is Cc1cc(OCC(=O)Nc2ccc(Br)cc2Cl)ccc1[N+](=O)[O-]. The monoisotopic (exact) mass is 398 g/mol. The third-order valence-corrected chi connectivity index (χ3v) is 3.75. The highest BCUT2D eigenvalue weighted by molar-refractivity contribution is 9.10. The van der Waals surface area contributed by atoms with Crippen LogP contribution in [-0.4, -0.2) is 17.4 Å². The second-order valence-electron chi connectivity index (χ2n) is 4.67. The second kappa shape index (κ2) is 7.43. The number of nitro benzene ring substituents is 1. The van der Waals surface area contributed by atoms with Crippen molar-refractivity contribution < 1.29 is 14.5 Å². The molecule has 0 saturated carbocycles. The van der Waals surface area contributed by atoms with Crippen molar-refractivity contribution in [1.29, 1.82) is 0 Å². The molecule has 120 valence electrons. The van der Waals surface area contributed by atoms with Gasteiger partial charge in [0.1, 0.15) is 5.75 Å². The summed E-state index contributed by atoms with van der Waals surface area (Å²) in [5.74, 6) is -0.00428. The van der Waals surface area contributed by atoms with Crippen LogP contribution in [0.25, 0.3) is 0 Å². The van der Waals surface area contributed by atoms with E-state index in [-0.39, 0.29) is 18.2 Å². The van der Waals surface area contributed by atoms with Crippen molar-refractivity contribution in [2.24, 2.45) is 0 Å². The minimum atomic E-state index is -0.471. The normalized spacial score (nSPS) is 10.2. The summed E-state index contributed by atoms with van der Waals surface area (Å²) in [4.78, 5) is 22.1. The van der Waals surface area contributed by atoms with Crippen LogP contribution >= 0.6 is 27.5 Å². The van der Waals surface area contributed by atoms with E-state index >= 15 is 0 Å². The Morgan fingerprint density at radius 3 is 2.70 bits per heavy atom. The Labute approximate surface area is 145 Å². The van der Waals surface area contributed by atoms with E-state index in [9.17, 15) is 14.9 Å². The van der Waals surface area contributed by atoms with Gasteiger partial charge in [0, 0.05) is 16.1 Å². The van der Waals surface area contributed by atoms with Gasteiger partial charge in [-0.25, -0.2) is 0 Å². The molecule has 0 aliphatic heterocycles. The van der Waals surface area contributed by atoms with E-state index < -0.39 is 4.92 Å². The lowest BCUT2D eigenvalue weighted by atomic mass is 10.2. The first-order chi connectivity index (χ1) is 10.9. The zero-order valence-electron chi connectivity index (χ0n) is 12.0. The average molecular weight is 400 g/mol. The number of aryl methyl sites for hydroxylation is 1. The fraction of sp³-hybridized carbons (Fsp3) is 0.133. The van der Waals surface area contributed by atoms with E-state index in [0.717, 1.165) is 4.47 Å². The Hall–Kier alpha value is -2.12. The molecule has 0 saturated heterocycles. The molecule has 0 unspecified atom stereocenters. The van der Waals surface area contributed by atoms with Gasteiger partial charge < -0.3 is 10.1 Å². The molecule has 0 heterocycles. The van der Waals surface area contributed by atoms with Crippen molar-refractivity contribution in [3.63, 3.8) is 0 Å². The van der Waals surface area contributed by atoms with E-state index in [2.05, 4.69) is 21.2 Å². The number of hydrogen-bond acceptors (Lipinski definition) is 4. The number of halogens is 2. The molecule has 2 aromatic rings. The Balaban J connectivity index is 1.96. The molecule has 1 N–H and O–H groups in total. The molecule has 0 bridgehead atoms. The van der Waals surface area contributed by atoms with Gasteiger partial charge in [0.05, 0.1) is 15.6 Å². The minimum Gasteiger partial charge on any atom is -0.484 e. The van der Waals surface area contributed by atoms with Crippen molar-refractivity contribution in [3.05, 3.63) is 61.6 Å². The highest BCUT2D eigenvalue weighted by Crippen LogP contribution is 2.26. The van der Waals surface area contributed by atoms with E-state index in [1.807, 2.05) is 0 Å². The first-order valence-corrected chi connectivity index (χ1v) is 7.66. The fourth-order valence-electron chi connectivity index (χ4n) is 1.85. The number of carbonyl (C=O) groups is 1. The molecule has 2 aromatic carbocycles. The third kappa shape index (κ3) is 4.67. The predicted octanol–water partition coefficient (Wildman–Crippen LogP) is 4.34. The summed E-state index contributed by atoms with van der Waals surface area (Å²) < 4.78 is 6.14. The number of nitrogens with one attached hydrogen (secondary N) is 1. The van der Waals surface area contributed by atoms with Crippen molar-refractivity contribution in [2.45, 2.75) is 6.92 Å². The summed E-state index contributed by atoms with van der Waals surface area (Å²) >= 11 is 9.29. The van der Waals surface area contributed by atoms with Gasteiger partial charge in [-0.05, 0) is 37.3 Å². The Morgan fingerprint density at radius 2 is 2.09 bits per heavy atom. The smallest absolute Gasteiger partial charge is 0.272 e. The molecule has 0 radical (unpaired) electrons. The molecular weight excluding hydrogens is 388 g/mol. The maximum Gasteiger partial charge on any atom is 0.272 e. The summed E-state index contributed by atoms with van der Waals surface area (Å²) in [6, 6.07) is 9.39. The van der Waals surface area contributed by atoms with Crippen molar-refractivity contribution >= 4 is 44.8 Å². The van der Waals surface area contributed by atoms with Crippen LogP contribution in [-0.2, 0) is 4.79 Å². The molecule has 0 fully saturated rings. The fourth-order valence-corrected chi connectivity index (χ4v) is 2.57. The largest absolute Gasteiger partial charge is 0.484 e. The average Bonchev–Trinajstić information content (AvgIpc) is 2.48. The maximum atomic E-state index is 11.9. The summed E-state index contributed by atoms with van der Waals surface area (Å²) in [5, 5.41) is 13.8. The molecule has 0 aromatic heterocycles. The molecule has 0 aliphatic carbocycles. The lowest BCUT2D eigenvalue weighted by Crippen LogP contribution is -2.20. The molecule has 0 aliphatic rings. The van der Waals surface area contributed by atoms with Gasteiger partial charge in [-0.3, -0.25) is 14.9 Å². The lowest BCUT2D eigenvalue weighted by molar-refractivity contribution is -0.385. The summed E-state index contributed by atoms with van der Waals surface area (Å²) in [5.41, 5.74) is 0.940. The molecule has 8 heteroatoms. The molecular formula is C15H12BrClN2O4. The summed E-state index contributed by atoms with van der Waals surface area (Å²) in [6.07, 6.45) is 0. The van der Waals surface area contributed by atoms with E-state index in [4.69, 9.17) is 16.3 Å². The molecule has 6 nitrogen and oxygen atoms in total. The minimum absolute atomic E-state index is 0.00319. The lowest BCUT2D eigenvalue weighted by Gasteiger charge is -2.09. The first kappa shape index (κ1) is 17.2. The number of nitro groups is 1. The number of hydrogen-bond donors (Lipinski definition) is 1. The number of carbonyl (C=O) groups excluding carboxylic acids is 1. The zero-order valence-corrected chi connectivity index (χ0v) is 14.3. The van der Waals surface area contributed by atoms with Crippen LogP contribution < -0.4 is 10.1 Å². The van der Waals surface area contributed by atoms with Crippen molar-refractivity contribution in [2.75, 3.05) is 11.9 Å². The van der Waals surface area contributed by atoms with Gasteiger partial charge in [-0.15, -0.1) is 0 Å². The number of ether oxygens (including phenoxy) is 1. The number of rotatable bonds is 5. The van der Waals surface area contributed by atoms with Crippen molar-refractivity contribution in [1.82, 2.24) is 0 Å². The van der Waals surface area contributed by atoms with Crippen LogP contribution in [0.2, 0.25) is 5.02 Å². The quantitative estimate of drug-likeness (QED) is 0.599. The van der Waals surface area contributed by atoms with Crippen LogP contribution in [0.3, 0.4) is 0 Å². The van der Waals surface area contributed by atoms with Crippen LogP contribution in [0, 0.1) is 17.0 Å².